The quantitative estimate of drug-likeness (QED) is 0.627. The molecule has 6 nitrogen and oxygen atoms in total. The van der Waals surface area contributed by atoms with Gasteiger partial charge >= 0.3 is 5.97 Å². The molecule has 0 aliphatic heterocycles. The Morgan fingerprint density at radius 3 is 2.69 bits per heavy atom. The molecule has 1 aromatic heterocycles. The minimum absolute atomic E-state index is 0.289. The van der Waals surface area contributed by atoms with E-state index in [2.05, 4.69) is 4.98 Å². The Bertz CT molecular complexity index is 436. The number of rotatable bonds is 4. The van der Waals surface area contributed by atoms with E-state index in [-0.39, 0.29) is 5.56 Å². The predicted molar refractivity (Wildman–Crippen MR) is 47.2 cm³/mol. The van der Waals surface area contributed by atoms with Crippen LogP contribution in [0.15, 0.2) is 12.3 Å². The number of aliphatic carboxylic acids is 1. The molecule has 0 atom stereocenters. The van der Waals surface area contributed by atoms with E-state index < -0.39 is 35.1 Å². The van der Waals surface area contributed by atoms with Crippen LogP contribution in [0.25, 0.3) is 0 Å². The van der Waals surface area contributed by atoms with Crippen LogP contribution in [0.3, 0.4) is 0 Å². The molecule has 0 aliphatic carbocycles. The van der Waals surface area contributed by atoms with E-state index in [0.717, 1.165) is 6.07 Å². The molecule has 16 heavy (non-hydrogen) atoms. The van der Waals surface area contributed by atoms with Gasteiger partial charge in [-0.05, 0) is 6.07 Å². The Morgan fingerprint density at radius 1 is 1.62 bits per heavy atom. The largest absolute Gasteiger partial charge is 0.481 e. The van der Waals surface area contributed by atoms with Crippen molar-refractivity contribution >= 4 is 11.7 Å². The summed E-state index contributed by atoms with van der Waals surface area (Å²) in [6.45, 7) is 0. The number of hydrogen-bond acceptors (Lipinski definition) is 4. The van der Waals surface area contributed by atoms with Crippen molar-refractivity contribution in [1.29, 1.82) is 0 Å². The molecular weight excluding hydrogens is 226 g/mol. The number of alkyl halides is 2. The van der Waals surface area contributed by atoms with Gasteiger partial charge in [0.2, 0.25) is 0 Å². The van der Waals surface area contributed by atoms with E-state index in [1.165, 1.54) is 0 Å². The number of carboxylic acids is 1. The van der Waals surface area contributed by atoms with Crippen LogP contribution in [0.4, 0.5) is 14.5 Å². The first-order valence-electron chi connectivity index (χ1n) is 4.05. The molecule has 0 bridgehead atoms. The molecule has 8 heteroatoms. The van der Waals surface area contributed by atoms with E-state index in [4.69, 9.17) is 5.11 Å². The van der Waals surface area contributed by atoms with Gasteiger partial charge in [-0.15, -0.1) is 0 Å². The number of nitro groups is 1. The molecule has 1 heterocycles. The fourth-order valence-corrected chi connectivity index (χ4v) is 1.10. The van der Waals surface area contributed by atoms with Gasteiger partial charge in [0, 0.05) is 5.56 Å². The van der Waals surface area contributed by atoms with Crippen LogP contribution in [-0.2, 0) is 11.2 Å². The van der Waals surface area contributed by atoms with Crippen LogP contribution >= 0.6 is 0 Å². The molecule has 0 aliphatic rings. The third-order valence-electron chi connectivity index (χ3n) is 1.75. The lowest BCUT2D eigenvalue weighted by molar-refractivity contribution is -0.385. The first kappa shape index (κ1) is 12.0. The normalized spacial score (nSPS) is 10.4. The third-order valence-corrected chi connectivity index (χ3v) is 1.75. The first-order chi connectivity index (χ1) is 7.41. The van der Waals surface area contributed by atoms with Gasteiger partial charge in [-0.1, -0.05) is 0 Å². The molecule has 0 unspecified atom stereocenters. The average Bonchev–Trinajstić information content (AvgIpc) is 2.15. The summed E-state index contributed by atoms with van der Waals surface area (Å²) in [7, 11) is 0. The number of nitrogens with zero attached hydrogens (tertiary/aromatic N) is 2. The molecule has 0 radical (unpaired) electrons. The molecule has 1 N–H and O–H groups in total. The summed E-state index contributed by atoms with van der Waals surface area (Å²) in [5.41, 5.74) is -1.54. The van der Waals surface area contributed by atoms with Crippen molar-refractivity contribution < 1.29 is 23.6 Å². The highest BCUT2D eigenvalue weighted by molar-refractivity contribution is 5.72. The number of halogens is 2. The van der Waals surface area contributed by atoms with Crippen molar-refractivity contribution in [2.75, 3.05) is 0 Å². The van der Waals surface area contributed by atoms with E-state index in [1.54, 1.807) is 0 Å². The molecule has 0 fully saturated rings. The smallest absolute Gasteiger partial charge is 0.308 e. The Hall–Kier alpha value is -2.12. The zero-order valence-electron chi connectivity index (χ0n) is 7.76. The Balaban J connectivity index is 3.20. The molecule has 0 aromatic carbocycles. The van der Waals surface area contributed by atoms with Gasteiger partial charge in [0.15, 0.2) is 0 Å². The lowest BCUT2D eigenvalue weighted by Gasteiger charge is -2.02. The van der Waals surface area contributed by atoms with E-state index >= 15 is 0 Å². The SMILES string of the molecule is O=C(O)Cc1cc(C(F)F)ncc1[N+](=O)[O-]. The van der Waals surface area contributed by atoms with Gasteiger partial charge in [0.05, 0.1) is 11.3 Å². The van der Waals surface area contributed by atoms with Gasteiger partial charge in [0.25, 0.3) is 12.1 Å². The van der Waals surface area contributed by atoms with E-state index in [0.29, 0.717) is 6.20 Å². The molecule has 1 rings (SSSR count). The number of carbonyl (C=O) groups is 1. The van der Waals surface area contributed by atoms with Crippen molar-refractivity contribution in [2.24, 2.45) is 0 Å². The van der Waals surface area contributed by atoms with Crippen molar-refractivity contribution in [1.82, 2.24) is 4.98 Å². The summed E-state index contributed by atoms with van der Waals surface area (Å²) in [6.07, 6.45) is -2.95. The summed E-state index contributed by atoms with van der Waals surface area (Å²) < 4.78 is 24.5. The molecule has 0 saturated carbocycles. The average molecular weight is 232 g/mol. The Kier molecular flexibility index (Phi) is 3.44. The van der Waals surface area contributed by atoms with Crippen LogP contribution in [-0.4, -0.2) is 21.0 Å². The fourth-order valence-electron chi connectivity index (χ4n) is 1.10. The minimum atomic E-state index is -2.90. The predicted octanol–water partition coefficient (Wildman–Crippen LogP) is 1.55. The van der Waals surface area contributed by atoms with Crippen molar-refractivity contribution in [3.63, 3.8) is 0 Å². The fraction of sp³-hybridized carbons (Fsp3) is 0.250. The molecule has 0 amide bonds. The maximum Gasteiger partial charge on any atom is 0.308 e. The minimum Gasteiger partial charge on any atom is -0.481 e. The zero-order chi connectivity index (χ0) is 12.3. The highest BCUT2D eigenvalue weighted by atomic mass is 19.3. The second kappa shape index (κ2) is 4.60. The monoisotopic (exact) mass is 232 g/mol. The van der Waals surface area contributed by atoms with Crippen LogP contribution in [0.1, 0.15) is 17.7 Å². The summed E-state index contributed by atoms with van der Waals surface area (Å²) in [6, 6.07) is 0.733. The zero-order valence-corrected chi connectivity index (χ0v) is 7.76. The number of pyridine rings is 1. The molecule has 0 spiro atoms. The van der Waals surface area contributed by atoms with Crippen molar-refractivity contribution in [2.45, 2.75) is 12.8 Å². The standard InChI is InChI=1S/C8H6F2N2O4/c9-8(10)5-1-4(2-7(13)14)6(3-11-5)12(15)16/h1,3,8H,2H2,(H,13,14). The highest BCUT2D eigenvalue weighted by Crippen LogP contribution is 2.23. The second-order valence-corrected chi connectivity index (χ2v) is 2.87. The van der Waals surface area contributed by atoms with Gasteiger partial charge in [-0.2, -0.15) is 0 Å². The Labute approximate surface area is 87.7 Å². The molecule has 0 saturated heterocycles. The maximum absolute atomic E-state index is 12.2. The van der Waals surface area contributed by atoms with Gasteiger partial charge < -0.3 is 5.11 Å². The van der Waals surface area contributed by atoms with Gasteiger partial charge in [-0.25, -0.2) is 13.8 Å². The lowest BCUT2D eigenvalue weighted by atomic mass is 10.1. The number of hydrogen-bond donors (Lipinski definition) is 1. The molecule has 1 aromatic rings. The summed E-state index contributed by atoms with van der Waals surface area (Å²) in [4.78, 5) is 23.2. The van der Waals surface area contributed by atoms with Gasteiger partial charge in [0.1, 0.15) is 11.9 Å². The topological polar surface area (TPSA) is 93.3 Å². The summed E-state index contributed by atoms with van der Waals surface area (Å²) in [5, 5.41) is 18.9. The highest BCUT2D eigenvalue weighted by Gasteiger charge is 2.20. The van der Waals surface area contributed by atoms with E-state index in [9.17, 15) is 23.7 Å². The second-order valence-electron chi connectivity index (χ2n) is 2.87. The summed E-state index contributed by atoms with van der Waals surface area (Å²) in [5.74, 6) is -1.34. The molecular formula is C8H6F2N2O4. The van der Waals surface area contributed by atoms with E-state index in [1.807, 2.05) is 0 Å². The lowest BCUT2D eigenvalue weighted by Crippen LogP contribution is -2.06. The number of carboxylic acid groups (broad SMARTS) is 1. The third kappa shape index (κ3) is 2.69. The van der Waals surface area contributed by atoms with Crippen LogP contribution in [0.2, 0.25) is 0 Å². The first-order valence-corrected chi connectivity index (χ1v) is 4.05. The van der Waals surface area contributed by atoms with Crippen molar-refractivity contribution in [3.8, 4) is 0 Å². The maximum atomic E-state index is 12.2. The van der Waals surface area contributed by atoms with Crippen LogP contribution in [0.5, 0.6) is 0 Å². The van der Waals surface area contributed by atoms with Crippen LogP contribution in [0, 0.1) is 10.1 Å². The number of aromatic nitrogens is 1. The molecule has 86 valence electrons. The van der Waals surface area contributed by atoms with Crippen molar-refractivity contribution in [3.05, 3.63) is 33.6 Å². The summed E-state index contributed by atoms with van der Waals surface area (Å²) >= 11 is 0. The Morgan fingerprint density at radius 2 is 2.25 bits per heavy atom. The van der Waals surface area contributed by atoms with Gasteiger partial charge in [-0.3, -0.25) is 14.9 Å². The van der Waals surface area contributed by atoms with Crippen LogP contribution < -0.4 is 0 Å².